The van der Waals surface area contributed by atoms with Gasteiger partial charge in [0.15, 0.2) is 11.5 Å². The van der Waals surface area contributed by atoms with Gasteiger partial charge in [0, 0.05) is 88.8 Å². The van der Waals surface area contributed by atoms with E-state index in [2.05, 4.69) is 80.1 Å². The molecule has 390 valence electrons. The first-order chi connectivity index (χ1) is 35.8. The molecule has 0 radical (unpaired) electrons. The number of H-pyrrole nitrogens is 1. The van der Waals surface area contributed by atoms with Crippen LogP contribution in [-0.2, 0) is 21.3 Å². The number of hydrogen-bond donors (Lipinski definition) is 4. The highest BCUT2D eigenvalue weighted by atomic mass is 32.2. The molecule has 1 saturated carbocycles. The van der Waals surface area contributed by atoms with E-state index in [1.807, 2.05) is 23.1 Å². The van der Waals surface area contributed by atoms with Crippen molar-refractivity contribution < 1.29 is 41.3 Å². The fraction of sp³-hybridized carbons (Fsp3) is 0.429. The fourth-order valence-electron chi connectivity index (χ4n) is 11.9. The van der Waals surface area contributed by atoms with E-state index in [1.54, 1.807) is 19.4 Å². The Kier molecular flexibility index (Phi) is 13.8. The Morgan fingerprint density at radius 1 is 0.959 bits per heavy atom. The van der Waals surface area contributed by atoms with E-state index in [0.29, 0.717) is 62.1 Å². The van der Waals surface area contributed by atoms with Crippen molar-refractivity contribution in [3.05, 3.63) is 119 Å². The van der Waals surface area contributed by atoms with Gasteiger partial charge in [0.05, 0.1) is 30.2 Å². The standard InChI is InChI=1S/C56H65FN8O8S/c1-35(2)42-6-4-5-7-43(42)48-33-63(32-37-8-10-40(69-3)11-9-37)20-21-65(48)39-28-56(29-39)15-18-64(19-16-56)47-27-49(73-41-24-38-12-17-59-54(38)61-31-41)44(25-45(47)57)55(66)62-74(67,68)50-26-46(58)51(53-52(50)71-34-72-53)60-30-36-13-22-70-23-14-36/h4-12,17,24-27,31,35-36,39,48,60H,13-16,18-23,28-30,32-34,58H2,1-3H3,(H,59,61)(H,62,66)/t48-/m0/s1. The van der Waals surface area contributed by atoms with E-state index in [9.17, 15) is 13.2 Å². The van der Waals surface area contributed by atoms with Crippen molar-refractivity contribution in [2.45, 2.75) is 81.8 Å². The van der Waals surface area contributed by atoms with Crippen LogP contribution in [0.2, 0.25) is 0 Å². The number of aromatic nitrogens is 2. The van der Waals surface area contributed by atoms with Gasteiger partial charge in [-0.3, -0.25) is 14.6 Å². The van der Waals surface area contributed by atoms with Crippen molar-refractivity contribution in [2.75, 3.05) is 82.3 Å². The summed E-state index contributed by atoms with van der Waals surface area (Å²) in [5, 5.41) is 4.07. The van der Waals surface area contributed by atoms with Crippen LogP contribution < -0.4 is 39.6 Å². The molecule has 11 rings (SSSR count). The van der Waals surface area contributed by atoms with E-state index in [0.717, 1.165) is 81.9 Å². The molecule has 1 atom stereocenters. The van der Waals surface area contributed by atoms with Crippen LogP contribution in [0.25, 0.3) is 11.0 Å². The zero-order valence-electron chi connectivity index (χ0n) is 42.2. The van der Waals surface area contributed by atoms with Crippen molar-refractivity contribution in [3.63, 3.8) is 0 Å². The monoisotopic (exact) mass is 1030 g/mol. The molecule has 4 fully saturated rings. The number of fused-ring (bicyclic) bond motifs is 2. The Labute approximate surface area is 431 Å². The molecule has 2 aromatic heterocycles. The Bertz CT molecular complexity index is 3130. The van der Waals surface area contributed by atoms with Crippen LogP contribution in [0.1, 0.15) is 91.4 Å². The molecule has 0 unspecified atom stereocenters. The molecule has 5 N–H and O–H groups in total. The lowest BCUT2D eigenvalue weighted by atomic mass is 9.59. The number of piperazine rings is 1. The van der Waals surface area contributed by atoms with Gasteiger partial charge in [-0.1, -0.05) is 50.2 Å². The third kappa shape index (κ3) is 10.0. The maximum absolute atomic E-state index is 16.7. The van der Waals surface area contributed by atoms with Crippen LogP contribution in [0, 0.1) is 17.2 Å². The molecular weight excluding hydrogens is 964 g/mol. The number of carbonyl (C=O) groups excluding carboxylic acids is 1. The first-order valence-corrected chi connectivity index (χ1v) is 27.3. The van der Waals surface area contributed by atoms with Gasteiger partial charge in [-0.15, -0.1) is 0 Å². The number of nitrogen functional groups attached to an aromatic ring is 1. The third-order valence-corrected chi connectivity index (χ3v) is 17.3. The number of halogens is 1. The van der Waals surface area contributed by atoms with Crippen LogP contribution >= 0.6 is 0 Å². The molecule has 74 heavy (non-hydrogen) atoms. The van der Waals surface area contributed by atoms with Crippen molar-refractivity contribution in [3.8, 4) is 28.7 Å². The number of piperidine rings is 1. The molecule has 16 nitrogen and oxygen atoms in total. The number of nitrogens with zero attached hydrogens (tertiary/aromatic N) is 4. The smallest absolute Gasteiger partial charge is 0.268 e. The molecule has 6 aromatic rings. The van der Waals surface area contributed by atoms with Gasteiger partial charge in [0.1, 0.15) is 39.3 Å². The van der Waals surface area contributed by atoms with Gasteiger partial charge in [-0.2, -0.15) is 0 Å². The zero-order valence-corrected chi connectivity index (χ0v) is 43.0. The largest absolute Gasteiger partial charge is 0.497 e. The maximum Gasteiger partial charge on any atom is 0.268 e. The van der Waals surface area contributed by atoms with Crippen LogP contribution in [0.4, 0.5) is 21.5 Å². The molecule has 6 heterocycles. The number of hydrogen-bond acceptors (Lipinski definition) is 14. The van der Waals surface area contributed by atoms with Crippen molar-refractivity contribution >= 4 is 44.0 Å². The summed E-state index contributed by atoms with van der Waals surface area (Å²) >= 11 is 0. The van der Waals surface area contributed by atoms with Gasteiger partial charge in [0.2, 0.25) is 6.79 Å². The minimum Gasteiger partial charge on any atom is -0.497 e. The van der Waals surface area contributed by atoms with Crippen molar-refractivity contribution in [2.24, 2.45) is 11.3 Å². The van der Waals surface area contributed by atoms with E-state index < -0.39 is 26.6 Å². The van der Waals surface area contributed by atoms with Gasteiger partial charge in [0.25, 0.3) is 15.9 Å². The summed E-state index contributed by atoms with van der Waals surface area (Å²) in [6.07, 6.45) is 8.88. The summed E-state index contributed by atoms with van der Waals surface area (Å²) < 4.78 is 75.8. The first kappa shape index (κ1) is 49.6. The average Bonchev–Trinajstić information content (AvgIpc) is 4.11. The lowest BCUT2D eigenvalue weighted by molar-refractivity contribution is -0.0628. The predicted molar refractivity (Wildman–Crippen MR) is 281 cm³/mol. The number of methoxy groups -OCH3 is 1. The molecule has 1 spiro atoms. The quantitative estimate of drug-likeness (QED) is 0.0714. The lowest BCUT2D eigenvalue weighted by Gasteiger charge is -2.58. The number of carbonyl (C=O) groups is 1. The first-order valence-electron chi connectivity index (χ1n) is 25.8. The topological polar surface area (TPSA) is 186 Å². The minimum absolute atomic E-state index is 0.0365. The van der Waals surface area contributed by atoms with Crippen molar-refractivity contribution in [1.29, 1.82) is 0 Å². The Morgan fingerprint density at radius 2 is 1.73 bits per heavy atom. The van der Waals surface area contributed by atoms with Gasteiger partial charge in [-0.25, -0.2) is 22.5 Å². The summed E-state index contributed by atoms with van der Waals surface area (Å²) in [6, 6.07) is 25.4. The second-order valence-electron chi connectivity index (χ2n) is 20.9. The Balaban J connectivity index is 0.807. The fourth-order valence-corrected chi connectivity index (χ4v) is 13.0. The Morgan fingerprint density at radius 3 is 2.50 bits per heavy atom. The van der Waals surface area contributed by atoms with E-state index in [4.69, 9.17) is 29.4 Å². The SMILES string of the molecule is COc1ccc(CN2CCN(C3CC4(CCN(c5cc(Oc6cnc7[nH]ccc7c6)c(C(=O)NS(=O)(=O)c6cc(N)c(NCC7CCOCC7)c7c6OCO7)cc5F)CC4)C3)[C@H](c3ccccc3C(C)C)C2)cc1. The molecule has 4 aliphatic heterocycles. The molecule has 3 saturated heterocycles. The highest BCUT2D eigenvalue weighted by molar-refractivity contribution is 7.90. The summed E-state index contributed by atoms with van der Waals surface area (Å²) in [5.74, 6) is 0.0904. The minimum atomic E-state index is -4.67. The summed E-state index contributed by atoms with van der Waals surface area (Å²) in [6.45, 7) is 11.2. The average molecular weight is 1030 g/mol. The highest BCUT2D eigenvalue weighted by Gasteiger charge is 2.50. The lowest BCUT2D eigenvalue weighted by Crippen LogP contribution is -2.60. The van der Waals surface area contributed by atoms with Gasteiger partial charge < -0.3 is 44.6 Å². The molecule has 1 amide bonds. The van der Waals surface area contributed by atoms with Crippen LogP contribution in [0.5, 0.6) is 28.7 Å². The molecule has 1 aliphatic carbocycles. The van der Waals surface area contributed by atoms with Gasteiger partial charge in [-0.05, 0) is 109 Å². The number of nitrogens with two attached hydrogens (primary N) is 1. The van der Waals surface area contributed by atoms with Crippen LogP contribution in [0.3, 0.4) is 0 Å². The number of ether oxygens (including phenoxy) is 5. The molecule has 4 aromatic carbocycles. The maximum atomic E-state index is 16.7. The van der Waals surface area contributed by atoms with E-state index in [1.165, 1.54) is 35.0 Å². The molecule has 18 heteroatoms. The number of benzene rings is 4. The summed E-state index contributed by atoms with van der Waals surface area (Å²) in [4.78, 5) is 28.7. The predicted octanol–water partition coefficient (Wildman–Crippen LogP) is 9.20. The number of sulfonamides is 1. The molecular formula is C56H65FN8O8S. The number of anilines is 3. The molecule has 5 aliphatic rings. The van der Waals surface area contributed by atoms with Crippen LogP contribution in [0.15, 0.2) is 96.2 Å². The number of rotatable bonds is 15. The number of amides is 1. The number of aromatic amines is 1. The number of nitrogens with one attached hydrogen (secondary N) is 3. The van der Waals surface area contributed by atoms with Gasteiger partial charge >= 0.3 is 0 Å². The second-order valence-corrected chi connectivity index (χ2v) is 22.6. The van der Waals surface area contributed by atoms with E-state index in [-0.39, 0.29) is 58.2 Å². The highest BCUT2D eigenvalue weighted by Crippen LogP contribution is 2.54. The zero-order chi connectivity index (χ0) is 51.1. The number of pyridine rings is 1. The van der Waals surface area contributed by atoms with E-state index >= 15 is 4.39 Å². The molecule has 0 bridgehead atoms. The second kappa shape index (κ2) is 20.6. The Hall–Kier alpha value is -6.60. The summed E-state index contributed by atoms with van der Waals surface area (Å²) in [7, 11) is -2.98. The van der Waals surface area contributed by atoms with Crippen molar-refractivity contribution in [1.82, 2.24) is 24.5 Å². The normalized spacial score (nSPS) is 19.5. The third-order valence-electron chi connectivity index (χ3n) is 16.0. The van der Waals surface area contributed by atoms with Crippen LogP contribution in [-0.4, -0.2) is 107 Å². The summed E-state index contributed by atoms with van der Waals surface area (Å²) in [5.41, 5.74) is 11.7.